The van der Waals surface area contributed by atoms with Crippen LogP contribution in [0.3, 0.4) is 0 Å². The number of hydrogen-bond donors (Lipinski definition) is 1. The third-order valence-corrected chi connectivity index (χ3v) is 3.05. The molecule has 2 N–H and O–H groups in total. The number of primary amides is 1. The highest BCUT2D eigenvalue weighted by atomic mass is 19.1. The smallest absolute Gasteiger partial charge is 0.231 e. The second-order valence-corrected chi connectivity index (χ2v) is 5.63. The lowest BCUT2D eigenvalue weighted by molar-refractivity contribution is -0.119. The molecule has 0 aliphatic carbocycles. The molecule has 1 rings (SSSR count). The van der Waals surface area contributed by atoms with Crippen molar-refractivity contribution >= 4 is 11.7 Å². The minimum atomic E-state index is -0.361. The SMILES string of the molecule is CC(C)CN(CCCC(=O)c1ccc(F)cc1)CC(N)=O. The highest BCUT2D eigenvalue weighted by Gasteiger charge is 2.12. The summed E-state index contributed by atoms with van der Waals surface area (Å²) in [5, 5.41) is 0. The quantitative estimate of drug-likeness (QED) is 0.710. The van der Waals surface area contributed by atoms with Gasteiger partial charge in [-0.25, -0.2) is 4.39 Å². The van der Waals surface area contributed by atoms with E-state index in [1.54, 1.807) is 0 Å². The second kappa shape index (κ2) is 8.52. The predicted molar refractivity (Wildman–Crippen MR) is 80.4 cm³/mol. The van der Waals surface area contributed by atoms with Crippen molar-refractivity contribution in [1.82, 2.24) is 4.90 Å². The third-order valence-electron chi connectivity index (χ3n) is 3.05. The molecule has 0 spiro atoms. The van der Waals surface area contributed by atoms with Gasteiger partial charge in [-0.15, -0.1) is 0 Å². The normalized spacial score (nSPS) is 11.1. The van der Waals surface area contributed by atoms with E-state index >= 15 is 0 Å². The summed E-state index contributed by atoms with van der Waals surface area (Å²) in [5.41, 5.74) is 5.74. The summed E-state index contributed by atoms with van der Waals surface area (Å²) in [6, 6.07) is 5.55. The van der Waals surface area contributed by atoms with Crippen LogP contribution in [0.2, 0.25) is 0 Å². The Morgan fingerprint density at radius 2 is 1.86 bits per heavy atom. The van der Waals surface area contributed by atoms with Crippen LogP contribution in [0.5, 0.6) is 0 Å². The Balaban J connectivity index is 2.43. The monoisotopic (exact) mass is 294 g/mol. The van der Waals surface area contributed by atoms with E-state index in [1.807, 2.05) is 4.90 Å². The lowest BCUT2D eigenvalue weighted by Crippen LogP contribution is -2.37. The van der Waals surface area contributed by atoms with Gasteiger partial charge in [0, 0.05) is 18.5 Å². The largest absolute Gasteiger partial charge is 0.369 e. The van der Waals surface area contributed by atoms with E-state index in [0.29, 0.717) is 30.9 Å². The van der Waals surface area contributed by atoms with Crippen LogP contribution in [0, 0.1) is 11.7 Å². The summed E-state index contributed by atoms with van der Waals surface area (Å²) in [5.74, 6) is -0.299. The van der Waals surface area contributed by atoms with E-state index in [0.717, 1.165) is 6.54 Å². The molecule has 0 aliphatic rings. The molecule has 0 aromatic heterocycles. The lowest BCUT2D eigenvalue weighted by atomic mass is 10.1. The molecule has 21 heavy (non-hydrogen) atoms. The van der Waals surface area contributed by atoms with Gasteiger partial charge in [-0.3, -0.25) is 14.5 Å². The van der Waals surface area contributed by atoms with Crippen LogP contribution in [0.25, 0.3) is 0 Å². The Kier molecular flexibility index (Phi) is 7.02. The summed E-state index contributed by atoms with van der Waals surface area (Å²) in [7, 11) is 0. The number of amides is 1. The molecule has 5 heteroatoms. The Morgan fingerprint density at radius 3 is 2.38 bits per heavy atom. The molecule has 0 fully saturated rings. The Labute approximate surface area is 125 Å². The van der Waals surface area contributed by atoms with Crippen LogP contribution in [-0.2, 0) is 4.79 Å². The van der Waals surface area contributed by atoms with Crippen molar-refractivity contribution in [1.29, 1.82) is 0 Å². The van der Waals surface area contributed by atoms with Crippen molar-refractivity contribution in [3.63, 3.8) is 0 Å². The van der Waals surface area contributed by atoms with Gasteiger partial charge in [0.2, 0.25) is 5.91 Å². The molecule has 1 aromatic rings. The van der Waals surface area contributed by atoms with E-state index in [2.05, 4.69) is 13.8 Å². The number of halogens is 1. The molecule has 0 heterocycles. The van der Waals surface area contributed by atoms with Crippen LogP contribution in [-0.4, -0.2) is 36.2 Å². The molecule has 1 amide bonds. The number of nitrogens with two attached hydrogens (primary N) is 1. The van der Waals surface area contributed by atoms with Gasteiger partial charge < -0.3 is 5.73 Å². The number of ketones is 1. The van der Waals surface area contributed by atoms with E-state index in [4.69, 9.17) is 5.73 Å². The van der Waals surface area contributed by atoms with Crippen molar-refractivity contribution in [2.45, 2.75) is 26.7 Å². The zero-order chi connectivity index (χ0) is 15.8. The van der Waals surface area contributed by atoms with E-state index in [-0.39, 0.29) is 24.1 Å². The zero-order valence-corrected chi connectivity index (χ0v) is 12.6. The molecule has 0 aliphatic heterocycles. The Bertz CT molecular complexity index is 472. The number of nitrogens with zero attached hydrogens (tertiary/aromatic N) is 1. The minimum Gasteiger partial charge on any atom is -0.369 e. The van der Waals surface area contributed by atoms with Gasteiger partial charge in [0.05, 0.1) is 6.54 Å². The molecule has 0 bridgehead atoms. The first-order valence-electron chi connectivity index (χ1n) is 7.18. The van der Waals surface area contributed by atoms with E-state index in [9.17, 15) is 14.0 Å². The van der Waals surface area contributed by atoms with Crippen molar-refractivity contribution in [3.05, 3.63) is 35.6 Å². The third kappa shape index (κ3) is 6.99. The molecule has 116 valence electrons. The number of carbonyl (C=O) groups excluding carboxylic acids is 2. The summed E-state index contributed by atoms with van der Waals surface area (Å²) in [6.07, 6.45) is 1.02. The van der Waals surface area contributed by atoms with Gasteiger partial charge in [0.15, 0.2) is 5.78 Å². The van der Waals surface area contributed by atoms with Crippen molar-refractivity contribution < 1.29 is 14.0 Å². The topological polar surface area (TPSA) is 63.4 Å². The molecule has 0 saturated heterocycles. The van der Waals surface area contributed by atoms with Crippen LogP contribution in [0.1, 0.15) is 37.0 Å². The fourth-order valence-electron chi connectivity index (χ4n) is 2.22. The maximum Gasteiger partial charge on any atom is 0.231 e. The molecular formula is C16H23FN2O2. The first kappa shape index (κ1) is 17.3. The number of Topliss-reactive ketones (excluding diaryl/α,β-unsaturated/α-hetero) is 1. The molecule has 0 radical (unpaired) electrons. The molecule has 0 unspecified atom stereocenters. The predicted octanol–water partition coefficient (Wildman–Crippen LogP) is 2.23. The average molecular weight is 294 g/mol. The number of hydrogen-bond acceptors (Lipinski definition) is 3. The van der Waals surface area contributed by atoms with Crippen LogP contribution >= 0.6 is 0 Å². The number of carbonyl (C=O) groups is 2. The maximum absolute atomic E-state index is 12.8. The second-order valence-electron chi connectivity index (χ2n) is 5.63. The summed E-state index contributed by atoms with van der Waals surface area (Å²) < 4.78 is 12.8. The number of rotatable bonds is 9. The van der Waals surface area contributed by atoms with Gasteiger partial charge in [0.25, 0.3) is 0 Å². The first-order valence-corrected chi connectivity index (χ1v) is 7.18. The van der Waals surface area contributed by atoms with Crippen LogP contribution < -0.4 is 5.73 Å². The highest BCUT2D eigenvalue weighted by molar-refractivity contribution is 5.95. The van der Waals surface area contributed by atoms with E-state index in [1.165, 1.54) is 24.3 Å². The van der Waals surface area contributed by atoms with Gasteiger partial charge in [-0.05, 0) is 43.1 Å². The molecule has 0 saturated carbocycles. The minimum absolute atomic E-state index is 0.0152. The zero-order valence-electron chi connectivity index (χ0n) is 12.6. The molecular weight excluding hydrogens is 271 g/mol. The molecule has 0 atom stereocenters. The van der Waals surface area contributed by atoms with Crippen LogP contribution in [0.15, 0.2) is 24.3 Å². The van der Waals surface area contributed by atoms with Gasteiger partial charge in [-0.1, -0.05) is 13.8 Å². The first-order chi connectivity index (χ1) is 9.88. The van der Waals surface area contributed by atoms with Crippen molar-refractivity contribution in [2.75, 3.05) is 19.6 Å². The summed E-state index contributed by atoms with van der Waals surface area (Å²) >= 11 is 0. The lowest BCUT2D eigenvalue weighted by Gasteiger charge is -2.22. The average Bonchev–Trinajstić information content (AvgIpc) is 2.37. The van der Waals surface area contributed by atoms with Crippen LogP contribution in [0.4, 0.5) is 4.39 Å². The highest BCUT2D eigenvalue weighted by Crippen LogP contribution is 2.08. The Morgan fingerprint density at radius 1 is 1.24 bits per heavy atom. The summed E-state index contributed by atoms with van der Waals surface area (Å²) in [6.45, 7) is 5.76. The van der Waals surface area contributed by atoms with E-state index < -0.39 is 0 Å². The van der Waals surface area contributed by atoms with Crippen molar-refractivity contribution in [3.8, 4) is 0 Å². The van der Waals surface area contributed by atoms with Gasteiger partial charge in [0.1, 0.15) is 5.82 Å². The summed E-state index contributed by atoms with van der Waals surface area (Å²) in [4.78, 5) is 24.9. The molecule has 4 nitrogen and oxygen atoms in total. The number of benzene rings is 1. The standard InChI is InChI=1S/C16H23FN2O2/c1-12(2)10-19(11-16(18)21)9-3-4-15(20)13-5-7-14(17)8-6-13/h5-8,12H,3-4,9-11H2,1-2H3,(H2,18,21). The fourth-order valence-corrected chi connectivity index (χ4v) is 2.22. The van der Waals surface area contributed by atoms with Gasteiger partial charge >= 0.3 is 0 Å². The molecule has 1 aromatic carbocycles. The van der Waals surface area contributed by atoms with Crippen molar-refractivity contribution in [2.24, 2.45) is 11.7 Å². The fraction of sp³-hybridized carbons (Fsp3) is 0.500. The Hall–Kier alpha value is -1.75. The van der Waals surface area contributed by atoms with Gasteiger partial charge in [-0.2, -0.15) is 0 Å². The maximum atomic E-state index is 12.8.